The van der Waals surface area contributed by atoms with Gasteiger partial charge in [0, 0.05) is 19.0 Å². The Bertz CT molecular complexity index is 1250. The highest BCUT2D eigenvalue weighted by Gasteiger charge is 2.27. The molecule has 1 N–H and O–H groups in total. The number of nitrogens with one attached hydrogen (secondary N) is 1. The second kappa shape index (κ2) is 8.39. The Balaban J connectivity index is 1.22. The molecule has 0 atom stereocenters. The molecule has 5 rings (SSSR count). The van der Waals surface area contributed by atoms with Crippen molar-refractivity contribution in [2.45, 2.75) is 19.8 Å². The number of anilines is 2. The van der Waals surface area contributed by atoms with E-state index in [1.807, 2.05) is 25.1 Å². The third-order valence-corrected chi connectivity index (χ3v) is 7.39. The molecule has 6 nitrogen and oxygen atoms in total. The fourth-order valence-corrected chi connectivity index (χ4v) is 5.72. The molecule has 1 fully saturated rings. The summed E-state index contributed by atoms with van der Waals surface area (Å²) >= 11 is 2.95. The predicted molar refractivity (Wildman–Crippen MR) is 124 cm³/mol. The molecule has 2 aromatic heterocycles. The van der Waals surface area contributed by atoms with Crippen LogP contribution < -0.4 is 15.0 Å². The highest BCUT2D eigenvalue weighted by Crippen LogP contribution is 2.33. The van der Waals surface area contributed by atoms with Crippen molar-refractivity contribution in [2.75, 3.05) is 29.9 Å². The molecule has 1 aliphatic rings. The zero-order valence-electron chi connectivity index (χ0n) is 16.9. The van der Waals surface area contributed by atoms with Crippen LogP contribution in [0.5, 0.6) is 5.75 Å². The number of rotatable bonds is 5. The van der Waals surface area contributed by atoms with E-state index < -0.39 is 0 Å². The lowest BCUT2D eigenvalue weighted by Gasteiger charge is -2.30. The third-order valence-electron chi connectivity index (χ3n) is 5.38. The SMILES string of the molecule is CCOc1ccc2nc(NC(=O)C3CCN(c4nc5ccc(F)cc5s4)CC3)sc2c1. The molecule has 0 bridgehead atoms. The number of fused-ring (bicyclic) bond motifs is 2. The highest BCUT2D eigenvalue weighted by molar-refractivity contribution is 7.22. The van der Waals surface area contributed by atoms with Crippen molar-refractivity contribution >= 4 is 59.3 Å². The first-order valence-corrected chi connectivity index (χ1v) is 11.9. The number of hydrogen-bond acceptors (Lipinski definition) is 7. The smallest absolute Gasteiger partial charge is 0.229 e. The minimum Gasteiger partial charge on any atom is -0.494 e. The first kappa shape index (κ1) is 20.1. The molecule has 9 heteroatoms. The molecule has 0 aliphatic carbocycles. The first-order valence-electron chi connectivity index (χ1n) is 10.2. The van der Waals surface area contributed by atoms with E-state index in [1.54, 1.807) is 6.07 Å². The molecule has 2 aromatic carbocycles. The van der Waals surface area contributed by atoms with Crippen LogP contribution in [0.2, 0.25) is 0 Å². The second-order valence-corrected chi connectivity index (χ2v) is 9.48. The summed E-state index contributed by atoms with van der Waals surface area (Å²) < 4.78 is 20.8. The molecule has 160 valence electrons. The molecule has 1 saturated heterocycles. The molecular formula is C22H21FN4O2S2. The normalized spacial score (nSPS) is 15.0. The average Bonchev–Trinajstić information content (AvgIpc) is 3.36. The van der Waals surface area contributed by atoms with Gasteiger partial charge in [-0.25, -0.2) is 14.4 Å². The van der Waals surface area contributed by atoms with Gasteiger partial charge in [-0.3, -0.25) is 4.79 Å². The molecule has 4 aromatic rings. The number of benzene rings is 2. The van der Waals surface area contributed by atoms with Crippen LogP contribution in [0.25, 0.3) is 20.4 Å². The quantitative estimate of drug-likeness (QED) is 0.441. The summed E-state index contributed by atoms with van der Waals surface area (Å²) in [5.74, 6) is 0.507. The predicted octanol–water partition coefficient (Wildman–Crippen LogP) is 5.30. The van der Waals surface area contributed by atoms with Crippen molar-refractivity contribution in [1.82, 2.24) is 9.97 Å². The monoisotopic (exact) mass is 456 g/mol. The Labute approximate surface area is 186 Å². The van der Waals surface area contributed by atoms with Crippen LogP contribution in [-0.2, 0) is 4.79 Å². The summed E-state index contributed by atoms with van der Waals surface area (Å²) in [6, 6.07) is 10.4. The van der Waals surface area contributed by atoms with Gasteiger partial charge in [0.2, 0.25) is 5.91 Å². The minimum atomic E-state index is -0.248. The van der Waals surface area contributed by atoms with E-state index in [0.717, 1.165) is 57.2 Å². The molecule has 3 heterocycles. The molecule has 31 heavy (non-hydrogen) atoms. The topological polar surface area (TPSA) is 67.3 Å². The number of ether oxygens (including phenoxy) is 1. The number of piperidine rings is 1. The van der Waals surface area contributed by atoms with E-state index in [9.17, 15) is 9.18 Å². The Morgan fingerprint density at radius 1 is 1.13 bits per heavy atom. The zero-order chi connectivity index (χ0) is 21.4. The Morgan fingerprint density at radius 3 is 2.68 bits per heavy atom. The van der Waals surface area contributed by atoms with Crippen LogP contribution in [0.1, 0.15) is 19.8 Å². The molecule has 0 spiro atoms. The lowest BCUT2D eigenvalue weighted by atomic mass is 9.96. The number of amides is 1. The number of thiazole rings is 2. The van der Waals surface area contributed by atoms with Crippen molar-refractivity contribution in [2.24, 2.45) is 5.92 Å². The fraction of sp³-hybridized carbons (Fsp3) is 0.318. The van der Waals surface area contributed by atoms with Crippen LogP contribution in [-0.4, -0.2) is 35.6 Å². The van der Waals surface area contributed by atoms with E-state index in [4.69, 9.17) is 4.74 Å². The van der Waals surface area contributed by atoms with Gasteiger partial charge in [-0.2, -0.15) is 0 Å². The van der Waals surface area contributed by atoms with Crippen molar-refractivity contribution in [3.63, 3.8) is 0 Å². The van der Waals surface area contributed by atoms with Gasteiger partial charge in [0.1, 0.15) is 11.6 Å². The molecule has 0 radical (unpaired) electrons. The molecule has 1 amide bonds. The van der Waals surface area contributed by atoms with Gasteiger partial charge in [-0.15, -0.1) is 0 Å². The summed E-state index contributed by atoms with van der Waals surface area (Å²) in [7, 11) is 0. The molecule has 0 saturated carbocycles. The van der Waals surface area contributed by atoms with Gasteiger partial charge in [-0.05, 0) is 56.2 Å². The number of hydrogen-bond donors (Lipinski definition) is 1. The van der Waals surface area contributed by atoms with E-state index in [-0.39, 0.29) is 17.6 Å². The van der Waals surface area contributed by atoms with Gasteiger partial charge >= 0.3 is 0 Å². The summed E-state index contributed by atoms with van der Waals surface area (Å²) in [4.78, 5) is 24.1. The zero-order valence-corrected chi connectivity index (χ0v) is 18.6. The standard InChI is InChI=1S/C22H21FN4O2S2/c1-2-29-15-4-6-16-19(12-15)30-21(24-16)26-20(28)13-7-9-27(10-8-13)22-25-17-5-3-14(23)11-18(17)31-22/h3-6,11-13H,2,7-10H2,1H3,(H,24,26,28). The Kier molecular flexibility index (Phi) is 5.45. The van der Waals surface area contributed by atoms with Crippen LogP contribution in [0.15, 0.2) is 36.4 Å². The molecule has 1 aliphatic heterocycles. The number of carbonyl (C=O) groups is 1. The maximum Gasteiger partial charge on any atom is 0.229 e. The van der Waals surface area contributed by atoms with Gasteiger partial charge in [0.25, 0.3) is 0 Å². The highest BCUT2D eigenvalue weighted by atomic mass is 32.1. The Morgan fingerprint density at radius 2 is 1.87 bits per heavy atom. The van der Waals surface area contributed by atoms with Gasteiger partial charge < -0.3 is 15.0 Å². The summed E-state index contributed by atoms with van der Waals surface area (Å²) in [5.41, 5.74) is 1.66. The largest absolute Gasteiger partial charge is 0.494 e. The van der Waals surface area contributed by atoms with E-state index in [1.165, 1.54) is 34.8 Å². The summed E-state index contributed by atoms with van der Waals surface area (Å²) in [6.45, 7) is 4.06. The molecule has 0 unspecified atom stereocenters. The van der Waals surface area contributed by atoms with Gasteiger partial charge in [-0.1, -0.05) is 22.7 Å². The lowest BCUT2D eigenvalue weighted by Crippen LogP contribution is -2.38. The summed E-state index contributed by atoms with van der Waals surface area (Å²) in [5, 5.41) is 4.49. The van der Waals surface area contributed by atoms with Crippen LogP contribution in [0.3, 0.4) is 0 Å². The van der Waals surface area contributed by atoms with Gasteiger partial charge in [0.15, 0.2) is 10.3 Å². The van der Waals surface area contributed by atoms with Crippen molar-refractivity contribution < 1.29 is 13.9 Å². The Hall–Kier alpha value is -2.78. The maximum absolute atomic E-state index is 13.4. The number of nitrogens with zero attached hydrogens (tertiary/aromatic N) is 3. The second-order valence-electron chi connectivity index (χ2n) is 7.44. The average molecular weight is 457 g/mol. The minimum absolute atomic E-state index is 0.00936. The van der Waals surface area contributed by atoms with Crippen molar-refractivity contribution in [3.8, 4) is 5.75 Å². The number of aromatic nitrogens is 2. The van der Waals surface area contributed by atoms with E-state index in [2.05, 4.69) is 20.2 Å². The van der Waals surface area contributed by atoms with E-state index >= 15 is 0 Å². The maximum atomic E-state index is 13.4. The summed E-state index contributed by atoms with van der Waals surface area (Å²) in [6.07, 6.45) is 1.49. The van der Waals surface area contributed by atoms with Crippen LogP contribution >= 0.6 is 22.7 Å². The van der Waals surface area contributed by atoms with Gasteiger partial charge in [0.05, 0.1) is 27.0 Å². The molecular weight excluding hydrogens is 435 g/mol. The lowest BCUT2D eigenvalue weighted by molar-refractivity contribution is -0.120. The fourth-order valence-electron chi connectivity index (χ4n) is 3.78. The van der Waals surface area contributed by atoms with E-state index in [0.29, 0.717) is 11.7 Å². The van der Waals surface area contributed by atoms with Crippen LogP contribution in [0, 0.1) is 11.7 Å². The van der Waals surface area contributed by atoms with Crippen molar-refractivity contribution in [1.29, 1.82) is 0 Å². The number of carbonyl (C=O) groups excluding carboxylic acids is 1. The third kappa shape index (κ3) is 4.20. The first-order chi connectivity index (χ1) is 15.1. The van der Waals surface area contributed by atoms with Crippen LogP contribution in [0.4, 0.5) is 14.7 Å². The van der Waals surface area contributed by atoms with Crippen molar-refractivity contribution in [3.05, 3.63) is 42.2 Å². The number of halogens is 1.